The van der Waals surface area contributed by atoms with Crippen molar-refractivity contribution in [2.24, 2.45) is 4.99 Å². The molecule has 0 aromatic rings. The molecule has 0 saturated carbocycles. The molecule has 1 amide bonds. The molecule has 7 heavy (non-hydrogen) atoms. The van der Waals surface area contributed by atoms with Gasteiger partial charge in [0.1, 0.15) is 0 Å². The number of ether oxygens (including phenoxy) is 1. The molecule has 0 heterocycles. The lowest BCUT2D eigenvalue weighted by molar-refractivity contribution is 0.164. The third-order valence-electron chi connectivity index (χ3n) is 0.373. The Morgan fingerprint density at radius 2 is 2.57 bits per heavy atom. The van der Waals surface area contributed by atoms with Gasteiger partial charge in [0.15, 0.2) is 0 Å². The van der Waals surface area contributed by atoms with Crippen LogP contribution in [-0.4, -0.2) is 19.4 Å². The zero-order valence-electron chi connectivity index (χ0n) is 4.05. The molecule has 0 aliphatic rings. The molecule has 0 aliphatic carbocycles. The molecule has 0 bridgehead atoms. The minimum Gasteiger partial charge on any atom is -0.448 e. The monoisotopic (exact) mass is 100 g/mol. The summed E-state index contributed by atoms with van der Waals surface area (Å²) in [6.07, 6.45) is -0.720. The van der Waals surface area contributed by atoms with Crippen molar-refractivity contribution in [3.05, 3.63) is 0 Å². The molecule has 0 spiro atoms. The van der Waals surface area contributed by atoms with E-state index >= 15 is 0 Å². The van der Waals surface area contributed by atoms with Gasteiger partial charge in [-0.1, -0.05) is 0 Å². The molecule has 0 aromatic heterocycles. The molecule has 1 radical (unpaired) electrons. The van der Waals surface area contributed by atoms with Crippen LogP contribution in [0.1, 0.15) is 6.92 Å². The number of hydrogen-bond donors (Lipinski definition) is 0. The molecule has 3 nitrogen and oxygen atoms in total. The number of hydrogen-bond acceptors (Lipinski definition) is 2. The molecule has 0 saturated heterocycles. The SMILES string of the molecule is [CH]=NC(=O)OCC. The lowest BCUT2D eigenvalue weighted by Crippen LogP contribution is -1.95. The Morgan fingerprint density at radius 1 is 2.00 bits per heavy atom. The summed E-state index contributed by atoms with van der Waals surface area (Å²) in [4.78, 5) is 12.6. The Kier molecular flexibility index (Phi) is 2.92. The van der Waals surface area contributed by atoms with E-state index < -0.39 is 6.09 Å². The fourth-order valence-electron chi connectivity index (χ4n) is 0.161. The highest BCUT2D eigenvalue weighted by Gasteiger charge is 1.88. The molecule has 0 N–H and O–H groups in total. The topological polar surface area (TPSA) is 38.7 Å². The summed E-state index contributed by atoms with van der Waals surface area (Å²) in [5, 5.41) is 0. The third kappa shape index (κ3) is 2.96. The van der Waals surface area contributed by atoms with Gasteiger partial charge in [-0.25, -0.2) is 4.79 Å². The highest BCUT2D eigenvalue weighted by Crippen LogP contribution is 1.77. The van der Waals surface area contributed by atoms with Gasteiger partial charge in [-0.15, -0.1) is 0 Å². The van der Waals surface area contributed by atoms with Crippen molar-refractivity contribution < 1.29 is 9.53 Å². The summed E-state index contributed by atoms with van der Waals surface area (Å²) >= 11 is 0. The summed E-state index contributed by atoms with van der Waals surface area (Å²) in [7, 11) is 0. The van der Waals surface area contributed by atoms with Crippen LogP contribution in [0.15, 0.2) is 4.99 Å². The molecule has 0 aromatic carbocycles. The summed E-state index contributed by atoms with van der Waals surface area (Å²) in [5.74, 6) is 0. The van der Waals surface area contributed by atoms with E-state index in [0.717, 1.165) is 0 Å². The van der Waals surface area contributed by atoms with Crippen molar-refractivity contribution in [2.75, 3.05) is 6.61 Å². The molecule has 0 fully saturated rings. The Balaban J connectivity index is 3.17. The molecular formula is C4H6NO2. The first-order valence-corrected chi connectivity index (χ1v) is 1.89. The van der Waals surface area contributed by atoms with Gasteiger partial charge >= 0.3 is 6.09 Å². The van der Waals surface area contributed by atoms with E-state index in [2.05, 4.69) is 16.4 Å². The van der Waals surface area contributed by atoms with Crippen LogP contribution in [0.2, 0.25) is 0 Å². The van der Waals surface area contributed by atoms with Crippen molar-refractivity contribution in [1.29, 1.82) is 0 Å². The van der Waals surface area contributed by atoms with Crippen LogP contribution in [0.3, 0.4) is 0 Å². The molecule has 0 atom stereocenters. The predicted molar refractivity (Wildman–Crippen MR) is 25.5 cm³/mol. The van der Waals surface area contributed by atoms with Crippen LogP contribution in [0.5, 0.6) is 0 Å². The smallest absolute Gasteiger partial charge is 0.433 e. The number of carbonyl (C=O) groups is 1. The summed E-state index contributed by atoms with van der Waals surface area (Å²) in [6.45, 7) is 6.51. The average Bonchev–Trinajstić information content (AvgIpc) is 1.68. The normalized spacial score (nSPS) is 7.57. The van der Waals surface area contributed by atoms with Crippen molar-refractivity contribution in [1.82, 2.24) is 0 Å². The van der Waals surface area contributed by atoms with E-state index in [1.54, 1.807) is 6.92 Å². The zero-order chi connectivity index (χ0) is 5.70. The second kappa shape index (κ2) is 3.33. The summed E-state index contributed by atoms with van der Waals surface area (Å²) < 4.78 is 4.26. The number of aliphatic imine (C=N–C) groups is 1. The first-order chi connectivity index (χ1) is 3.31. The fraction of sp³-hybridized carbons (Fsp3) is 0.500. The van der Waals surface area contributed by atoms with E-state index in [1.807, 2.05) is 0 Å². The minimum absolute atomic E-state index is 0.319. The van der Waals surface area contributed by atoms with Crippen LogP contribution in [-0.2, 0) is 4.74 Å². The van der Waals surface area contributed by atoms with Gasteiger partial charge in [0.2, 0.25) is 0 Å². The van der Waals surface area contributed by atoms with Crippen LogP contribution in [0.25, 0.3) is 0 Å². The van der Waals surface area contributed by atoms with Gasteiger partial charge in [-0.2, -0.15) is 4.99 Å². The fourth-order valence-corrected chi connectivity index (χ4v) is 0.161. The van der Waals surface area contributed by atoms with E-state index in [1.165, 1.54) is 0 Å². The molecule has 39 valence electrons. The summed E-state index contributed by atoms with van der Waals surface area (Å²) in [5.41, 5.74) is 0. The van der Waals surface area contributed by atoms with Crippen molar-refractivity contribution >= 4 is 12.8 Å². The van der Waals surface area contributed by atoms with Crippen LogP contribution in [0, 0.1) is 0 Å². The maximum Gasteiger partial charge on any atom is 0.433 e. The molecular weight excluding hydrogens is 94.0 g/mol. The van der Waals surface area contributed by atoms with Crippen molar-refractivity contribution in [2.45, 2.75) is 6.92 Å². The largest absolute Gasteiger partial charge is 0.448 e. The Hall–Kier alpha value is -0.860. The standard InChI is InChI=1S/C4H6NO2/c1-3-7-4(6)5-2/h2H,3H2,1H3. The summed E-state index contributed by atoms with van der Waals surface area (Å²) in [6, 6.07) is 0. The average molecular weight is 100 g/mol. The molecule has 0 unspecified atom stereocenters. The van der Waals surface area contributed by atoms with E-state index in [0.29, 0.717) is 6.61 Å². The maximum atomic E-state index is 9.90. The lowest BCUT2D eigenvalue weighted by atomic mass is 10.9. The van der Waals surface area contributed by atoms with E-state index in [-0.39, 0.29) is 0 Å². The number of rotatable bonds is 1. The number of amides is 1. The second-order valence-corrected chi connectivity index (χ2v) is 0.828. The van der Waals surface area contributed by atoms with E-state index in [9.17, 15) is 4.79 Å². The predicted octanol–water partition coefficient (Wildman–Crippen LogP) is 0.721. The van der Waals surface area contributed by atoms with Gasteiger partial charge in [0.05, 0.1) is 13.3 Å². The zero-order valence-corrected chi connectivity index (χ0v) is 4.05. The first-order valence-electron chi connectivity index (χ1n) is 1.89. The Labute approximate surface area is 42.0 Å². The highest BCUT2D eigenvalue weighted by molar-refractivity contribution is 5.72. The van der Waals surface area contributed by atoms with Crippen molar-refractivity contribution in [3.63, 3.8) is 0 Å². The van der Waals surface area contributed by atoms with Crippen LogP contribution < -0.4 is 0 Å². The molecule has 0 aliphatic heterocycles. The lowest BCUT2D eigenvalue weighted by Gasteiger charge is -1.89. The molecule has 3 heteroatoms. The van der Waals surface area contributed by atoms with Gasteiger partial charge < -0.3 is 4.74 Å². The maximum absolute atomic E-state index is 9.90. The van der Waals surface area contributed by atoms with Crippen LogP contribution >= 0.6 is 0 Å². The minimum atomic E-state index is -0.720. The highest BCUT2D eigenvalue weighted by atomic mass is 16.5. The number of nitrogens with zero attached hydrogens (tertiary/aromatic N) is 1. The van der Waals surface area contributed by atoms with Crippen molar-refractivity contribution in [3.8, 4) is 0 Å². The first kappa shape index (κ1) is 6.14. The van der Waals surface area contributed by atoms with Gasteiger partial charge in [0, 0.05) is 0 Å². The van der Waals surface area contributed by atoms with Crippen LogP contribution in [0.4, 0.5) is 4.79 Å². The Bertz CT molecular complexity index is 79.8. The van der Waals surface area contributed by atoms with Gasteiger partial charge in [-0.05, 0) is 6.92 Å². The molecule has 0 rings (SSSR count). The quantitative estimate of drug-likeness (QED) is 0.455. The Morgan fingerprint density at radius 3 is 2.71 bits per heavy atom. The van der Waals surface area contributed by atoms with Gasteiger partial charge in [-0.3, -0.25) is 0 Å². The second-order valence-electron chi connectivity index (χ2n) is 0.828. The van der Waals surface area contributed by atoms with E-state index in [4.69, 9.17) is 0 Å². The number of carbonyl (C=O) groups excluding carboxylic acids is 1. The van der Waals surface area contributed by atoms with Gasteiger partial charge in [0.25, 0.3) is 0 Å². The third-order valence-corrected chi connectivity index (χ3v) is 0.373.